The molecular weight excluding hydrogens is 318 g/mol. The van der Waals surface area contributed by atoms with Crippen LogP contribution < -0.4 is 11.3 Å². The molecular formula is C14H20BrN5. The van der Waals surface area contributed by atoms with Crippen molar-refractivity contribution < 1.29 is 0 Å². The van der Waals surface area contributed by atoms with Gasteiger partial charge in [0, 0.05) is 19.7 Å². The summed E-state index contributed by atoms with van der Waals surface area (Å²) in [5, 5.41) is 4.41. The highest BCUT2D eigenvalue weighted by Crippen LogP contribution is 2.26. The van der Waals surface area contributed by atoms with Gasteiger partial charge >= 0.3 is 0 Å². The van der Waals surface area contributed by atoms with E-state index >= 15 is 0 Å². The largest absolute Gasteiger partial charge is 0.271 e. The third-order valence-corrected chi connectivity index (χ3v) is 4.48. The maximum Gasteiger partial charge on any atom is 0.0738 e. The van der Waals surface area contributed by atoms with Crippen LogP contribution in [0.2, 0.25) is 0 Å². The Balaban J connectivity index is 2.33. The monoisotopic (exact) mass is 337 g/mol. The van der Waals surface area contributed by atoms with Gasteiger partial charge in [-0.3, -0.25) is 20.9 Å². The molecule has 2 aromatic heterocycles. The second-order valence-corrected chi connectivity index (χ2v) is 5.90. The predicted octanol–water partition coefficient (Wildman–Crippen LogP) is 2.25. The molecule has 20 heavy (non-hydrogen) atoms. The van der Waals surface area contributed by atoms with E-state index in [9.17, 15) is 0 Å². The van der Waals surface area contributed by atoms with Crippen LogP contribution in [0, 0.1) is 20.8 Å². The maximum absolute atomic E-state index is 5.73. The number of nitrogens with zero attached hydrogens (tertiary/aromatic N) is 3. The van der Waals surface area contributed by atoms with Crippen LogP contribution in [0.15, 0.2) is 16.7 Å². The summed E-state index contributed by atoms with van der Waals surface area (Å²) in [4.78, 5) is 4.52. The Kier molecular flexibility index (Phi) is 4.57. The molecule has 5 nitrogen and oxygen atoms in total. The lowest BCUT2D eigenvalue weighted by Gasteiger charge is -2.18. The summed E-state index contributed by atoms with van der Waals surface area (Å²) < 4.78 is 2.91. The van der Waals surface area contributed by atoms with Crippen LogP contribution in [0.25, 0.3) is 0 Å². The van der Waals surface area contributed by atoms with Crippen LogP contribution in [0.3, 0.4) is 0 Å². The molecule has 1 atom stereocenters. The molecule has 108 valence electrons. The Morgan fingerprint density at radius 3 is 2.60 bits per heavy atom. The molecule has 2 rings (SSSR count). The molecule has 2 aromatic rings. The van der Waals surface area contributed by atoms with E-state index in [0.717, 1.165) is 39.1 Å². The number of hydrogen-bond acceptors (Lipinski definition) is 4. The molecule has 6 heteroatoms. The van der Waals surface area contributed by atoms with Gasteiger partial charge in [-0.15, -0.1) is 0 Å². The highest BCUT2D eigenvalue weighted by atomic mass is 79.9. The van der Waals surface area contributed by atoms with Crippen LogP contribution in [-0.4, -0.2) is 14.8 Å². The Labute approximate surface area is 127 Å². The molecule has 2 heterocycles. The molecule has 0 saturated heterocycles. The number of nitrogens with two attached hydrogens (primary N) is 1. The lowest BCUT2D eigenvalue weighted by atomic mass is 10.0. The summed E-state index contributed by atoms with van der Waals surface area (Å²) in [5.74, 6) is 5.73. The third-order valence-electron chi connectivity index (χ3n) is 3.45. The number of hydrogen-bond donors (Lipinski definition) is 2. The van der Waals surface area contributed by atoms with Gasteiger partial charge in [-0.25, -0.2) is 0 Å². The Morgan fingerprint density at radius 1 is 1.40 bits per heavy atom. The van der Waals surface area contributed by atoms with Crippen LogP contribution >= 0.6 is 15.9 Å². The zero-order chi connectivity index (χ0) is 14.9. The van der Waals surface area contributed by atoms with E-state index in [4.69, 9.17) is 5.84 Å². The summed E-state index contributed by atoms with van der Waals surface area (Å²) in [6.45, 7) is 6.08. The number of aryl methyl sites for hydroxylation is 4. The third kappa shape index (κ3) is 2.92. The van der Waals surface area contributed by atoms with Crippen LogP contribution in [0.4, 0.5) is 0 Å². The van der Waals surface area contributed by atoms with E-state index in [1.54, 1.807) is 0 Å². The summed E-state index contributed by atoms with van der Waals surface area (Å²) in [5.41, 5.74) is 8.22. The van der Waals surface area contributed by atoms with E-state index in [0.29, 0.717) is 0 Å². The van der Waals surface area contributed by atoms with Crippen molar-refractivity contribution in [3.05, 3.63) is 44.9 Å². The first-order chi connectivity index (χ1) is 9.43. The summed E-state index contributed by atoms with van der Waals surface area (Å²) in [7, 11) is 1.94. The van der Waals surface area contributed by atoms with Crippen LogP contribution in [0.5, 0.6) is 0 Å². The molecule has 0 aliphatic carbocycles. The summed E-state index contributed by atoms with van der Waals surface area (Å²) in [6, 6.07) is 2.08. The van der Waals surface area contributed by atoms with Crippen molar-refractivity contribution in [2.45, 2.75) is 33.2 Å². The molecule has 3 N–H and O–H groups in total. The molecule has 0 radical (unpaired) electrons. The number of nitrogens with one attached hydrogen (secondary N) is 1. The highest BCUT2D eigenvalue weighted by Gasteiger charge is 2.19. The van der Waals surface area contributed by atoms with Gasteiger partial charge in [0.15, 0.2) is 0 Å². The van der Waals surface area contributed by atoms with Crippen molar-refractivity contribution in [1.29, 1.82) is 0 Å². The van der Waals surface area contributed by atoms with E-state index in [1.165, 1.54) is 0 Å². The van der Waals surface area contributed by atoms with Gasteiger partial charge in [0.25, 0.3) is 0 Å². The molecule has 0 aliphatic heterocycles. The van der Waals surface area contributed by atoms with E-state index < -0.39 is 0 Å². The van der Waals surface area contributed by atoms with Crippen LogP contribution in [0.1, 0.15) is 34.3 Å². The fraction of sp³-hybridized carbons (Fsp3) is 0.429. The second kappa shape index (κ2) is 6.03. The van der Waals surface area contributed by atoms with Gasteiger partial charge in [-0.2, -0.15) is 5.10 Å². The van der Waals surface area contributed by atoms with Gasteiger partial charge in [0.1, 0.15) is 0 Å². The number of hydrazine groups is 1. The molecule has 0 spiro atoms. The van der Waals surface area contributed by atoms with Crippen molar-refractivity contribution in [2.75, 3.05) is 0 Å². The molecule has 0 saturated carbocycles. The van der Waals surface area contributed by atoms with Gasteiger partial charge in [-0.1, -0.05) is 6.07 Å². The van der Waals surface area contributed by atoms with E-state index in [1.807, 2.05) is 31.8 Å². The average molecular weight is 338 g/mol. The first-order valence-electron chi connectivity index (χ1n) is 6.51. The van der Waals surface area contributed by atoms with Crippen molar-refractivity contribution in [2.24, 2.45) is 12.9 Å². The van der Waals surface area contributed by atoms with Crippen molar-refractivity contribution >= 4 is 15.9 Å². The summed E-state index contributed by atoms with van der Waals surface area (Å²) in [6.07, 6.45) is 2.60. The summed E-state index contributed by atoms with van der Waals surface area (Å²) >= 11 is 3.59. The normalized spacial score (nSPS) is 12.7. The number of halogens is 1. The fourth-order valence-electron chi connectivity index (χ4n) is 2.42. The highest BCUT2D eigenvalue weighted by molar-refractivity contribution is 9.10. The number of aromatic nitrogens is 3. The maximum atomic E-state index is 5.73. The van der Waals surface area contributed by atoms with Gasteiger partial charge in [0.2, 0.25) is 0 Å². The molecule has 1 unspecified atom stereocenters. The topological polar surface area (TPSA) is 68.8 Å². The lowest BCUT2D eigenvalue weighted by Crippen LogP contribution is -2.31. The number of rotatable bonds is 4. The minimum Gasteiger partial charge on any atom is -0.271 e. The van der Waals surface area contributed by atoms with Gasteiger partial charge < -0.3 is 0 Å². The van der Waals surface area contributed by atoms with Gasteiger partial charge in [-0.05, 0) is 47.8 Å². The van der Waals surface area contributed by atoms with E-state index in [2.05, 4.69) is 44.4 Å². The first-order valence-corrected chi connectivity index (χ1v) is 7.30. The second-order valence-electron chi connectivity index (χ2n) is 5.11. The first kappa shape index (κ1) is 15.2. The fourth-order valence-corrected chi connectivity index (χ4v) is 2.92. The lowest BCUT2D eigenvalue weighted by molar-refractivity contribution is 0.515. The van der Waals surface area contributed by atoms with Crippen molar-refractivity contribution in [3.63, 3.8) is 0 Å². The predicted molar refractivity (Wildman–Crippen MR) is 83.1 cm³/mol. The zero-order valence-electron chi connectivity index (χ0n) is 12.2. The van der Waals surface area contributed by atoms with Gasteiger partial charge in [0.05, 0.1) is 27.6 Å². The number of pyridine rings is 1. The molecule has 0 fully saturated rings. The Bertz CT molecular complexity index is 620. The standard InChI is InChI=1S/C14H20BrN5/c1-8-5-9(2)14(17-7-8)11(18-16)6-12-13(15)10(3)19-20(12)4/h5,7,11,18H,6,16H2,1-4H3. The molecule has 0 amide bonds. The zero-order valence-corrected chi connectivity index (χ0v) is 13.8. The Hall–Kier alpha value is -1.24. The smallest absolute Gasteiger partial charge is 0.0738 e. The quantitative estimate of drug-likeness (QED) is 0.663. The van der Waals surface area contributed by atoms with E-state index in [-0.39, 0.29) is 6.04 Å². The minimum atomic E-state index is -0.0401. The molecule has 0 aliphatic rings. The molecule has 0 aromatic carbocycles. The van der Waals surface area contributed by atoms with Crippen molar-refractivity contribution in [3.8, 4) is 0 Å². The van der Waals surface area contributed by atoms with Crippen molar-refractivity contribution in [1.82, 2.24) is 20.2 Å². The average Bonchev–Trinajstić information content (AvgIpc) is 2.62. The molecule has 0 bridgehead atoms. The Morgan fingerprint density at radius 2 is 2.10 bits per heavy atom. The SMILES string of the molecule is Cc1cnc(C(Cc2c(Br)c(C)nn2C)NN)c(C)c1. The minimum absolute atomic E-state index is 0.0401. The van der Waals surface area contributed by atoms with Crippen LogP contribution in [-0.2, 0) is 13.5 Å².